The average Bonchev–Trinajstić information content (AvgIpc) is 2.76. The Balaban J connectivity index is 2.71. The number of sulfonamides is 1. The number of ether oxygens (including phenoxy) is 1. The first kappa shape index (κ1) is 15.2. The molecule has 0 bridgehead atoms. The second-order valence-electron chi connectivity index (χ2n) is 4.54. The Morgan fingerprint density at radius 1 is 1.50 bits per heavy atom. The van der Waals surface area contributed by atoms with E-state index in [9.17, 15) is 8.42 Å². The number of hydrogen-bond acceptors (Lipinski definition) is 4. The molecule has 0 saturated carbocycles. The molecule has 0 radical (unpaired) electrons. The van der Waals surface area contributed by atoms with Gasteiger partial charge in [0.15, 0.2) is 0 Å². The highest BCUT2D eigenvalue weighted by atomic mass is 32.2. The van der Waals surface area contributed by atoms with Gasteiger partial charge < -0.3 is 14.8 Å². The van der Waals surface area contributed by atoms with Crippen LogP contribution in [0.3, 0.4) is 0 Å². The predicted molar refractivity (Wildman–Crippen MR) is 67.6 cm³/mol. The fraction of sp³-hybridized carbons (Fsp3) is 0.636. The van der Waals surface area contributed by atoms with Crippen molar-refractivity contribution in [2.75, 3.05) is 13.2 Å². The summed E-state index contributed by atoms with van der Waals surface area (Å²) in [5.74, 6) is 0. The van der Waals surface area contributed by atoms with Crippen molar-refractivity contribution in [1.82, 2.24) is 9.71 Å². The van der Waals surface area contributed by atoms with Crippen LogP contribution >= 0.6 is 0 Å². The van der Waals surface area contributed by atoms with Crippen molar-refractivity contribution in [2.24, 2.45) is 0 Å². The topological polar surface area (TPSA) is 91.4 Å². The number of aromatic amines is 1. The van der Waals surface area contributed by atoms with Crippen LogP contribution in [0.1, 0.15) is 26.5 Å². The smallest absolute Gasteiger partial charge is 0.242 e. The number of H-pyrrole nitrogens is 1. The van der Waals surface area contributed by atoms with Gasteiger partial charge in [0.05, 0.1) is 17.1 Å². The van der Waals surface area contributed by atoms with Crippen LogP contribution in [0.4, 0.5) is 0 Å². The minimum atomic E-state index is -3.57. The molecule has 1 aromatic rings. The van der Waals surface area contributed by atoms with E-state index in [1.807, 2.05) is 20.8 Å². The first-order valence-electron chi connectivity index (χ1n) is 5.72. The first-order valence-corrected chi connectivity index (χ1v) is 7.21. The van der Waals surface area contributed by atoms with Gasteiger partial charge in [-0.15, -0.1) is 0 Å². The summed E-state index contributed by atoms with van der Waals surface area (Å²) in [4.78, 5) is 2.79. The average molecular weight is 276 g/mol. The minimum absolute atomic E-state index is 0.110. The fourth-order valence-electron chi connectivity index (χ4n) is 1.46. The van der Waals surface area contributed by atoms with Crippen LogP contribution in [0, 0.1) is 0 Å². The Morgan fingerprint density at radius 2 is 2.17 bits per heavy atom. The monoisotopic (exact) mass is 276 g/mol. The lowest BCUT2D eigenvalue weighted by Crippen LogP contribution is -2.40. The molecule has 1 rings (SSSR count). The van der Waals surface area contributed by atoms with Gasteiger partial charge in [0.1, 0.15) is 0 Å². The molecular formula is C11H20N2O4S. The van der Waals surface area contributed by atoms with Crippen LogP contribution in [0.2, 0.25) is 0 Å². The van der Waals surface area contributed by atoms with E-state index in [-0.39, 0.29) is 18.0 Å². The molecule has 0 aliphatic heterocycles. The van der Waals surface area contributed by atoms with Crippen molar-refractivity contribution >= 4 is 10.0 Å². The van der Waals surface area contributed by atoms with Gasteiger partial charge in [0.2, 0.25) is 10.0 Å². The zero-order valence-corrected chi connectivity index (χ0v) is 11.7. The van der Waals surface area contributed by atoms with Gasteiger partial charge in [-0.1, -0.05) is 0 Å². The number of hydrogen-bond donors (Lipinski definition) is 3. The second kappa shape index (κ2) is 5.83. The third-order valence-electron chi connectivity index (χ3n) is 2.42. The molecule has 0 spiro atoms. The summed E-state index contributed by atoms with van der Waals surface area (Å²) in [7, 11) is -3.57. The van der Waals surface area contributed by atoms with Gasteiger partial charge in [-0.25, -0.2) is 13.1 Å². The molecule has 0 amide bonds. The zero-order chi connectivity index (χ0) is 13.8. The molecule has 3 N–H and O–H groups in total. The maximum atomic E-state index is 11.9. The van der Waals surface area contributed by atoms with Crippen LogP contribution in [-0.4, -0.2) is 37.3 Å². The van der Waals surface area contributed by atoms with Crippen molar-refractivity contribution in [3.8, 4) is 0 Å². The summed E-state index contributed by atoms with van der Waals surface area (Å²) in [6.45, 7) is 5.97. The van der Waals surface area contributed by atoms with E-state index < -0.39 is 15.6 Å². The standard InChI is InChI=1S/C11H20N2O4S/c1-4-17-11(2,3)8-13-18(15,16)10-5-9(7-14)12-6-10/h5-6,12-14H,4,7-8H2,1-3H3. The maximum absolute atomic E-state index is 11.9. The van der Waals surface area contributed by atoms with Gasteiger partial charge in [-0.3, -0.25) is 0 Å². The molecule has 7 heteroatoms. The van der Waals surface area contributed by atoms with E-state index in [0.29, 0.717) is 12.3 Å². The van der Waals surface area contributed by atoms with Gasteiger partial charge in [-0.2, -0.15) is 0 Å². The number of aromatic nitrogens is 1. The Labute approximate surface area is 107 Å². The number of aliphatic hydroxyl groups is 1. The minimum Gasteiger partial charge on any atom is -0.390 e. The summed E-state index contributed by atoms with van der Waals surface area (Å²) in [6.07, 6.45) is 1.35. The molecule has 0 unspecified atom stereocenters. The molecule has 104 valence electrons. The molecule has 0 aromatic carbocycles. The van der Waals surface area contributed by atoms with Crippen molar-refractivity contribution in [1.29, 1.82) is 0 Å². The van der Waals surface area contributed by atoms with Crippen molar-refractivity contribution < 1.29 is 18.3 Å². The second-order valence-corrected chi connectivity index (χ2v) is 6.30. The Kier molecular flexibility index (Phi) is 4.92. The first-order chi connectivity index (χ1) is 8.30. The summed E-state index contributed by atoms with van der Waals surface area (Å²) in [6, 6.07) is 1.40. The number of nitrogens with one attached hydrogen (secondary N) is 2. The quantitative estimate of drug-likeness (QED) is 0.680. The van der Waals surface area contributed by atoms with E-state index in [1.54, 1.807) is 0 Å². The van der Waals surface area contributed by atoms with E-state index in [2.05, 4.69) is 9.71 Å². The summed E-state index contributed by atoms with van der Waals surface area (Å²) < 4.78 is 31.8. The molecule has 0 atom stereocenters. The van der Waals surface area contributed by atoms with Gasteiger partial charge in [0.25, 0.3) is 0 Å². The Hall–Kier alpha value is -0.890. The van der Waals surface area contributed by atoms with Gasteiger partial charge in [0, 0.05) is 25.0 Å². The molecule has 0 aliphatic carbocycles. The zero-order valence-electron chi connectivity index (χ0n) is 10.9. The molecule has 0 fully saturated rings. The number of rotatable bonds is 7. The highest BCUT2D eigenvalue weighted by Gasteiger charge is 2.23. The maximum Gasteiger partial charge on any atom is 0.242 e. The molecule has 18 heavy (non-hydrogen) atoms. The van der Waals surface area contributed by atoms with Gasteiger partial charge >= 0.3 is 0 Å². The lowest BCUT2D eigenvalue weighted by Gasteiger charge is -2.24. The van der Waals surface area contributed by atoms with Crippen molar-refractivity contribution in [3.63, 3.8) is 0 Å². The molecule has 1 heterocycles. The summed E-state index contributed by atoms with van der Waals surface area (Å²) in [5.41, 5.74) is -0.0998. The lowest BCUT2D eigenvalue weighted by molar-refractivity contribution is -0.00515. The SMILES string of the molecule is CCOC(C)(C)CNS(=O)(=O)c1c[nH]c(CO)c1. The van der Waals surface area contributed by atoms with E-state index in [4.69, 9.17) is 9.84 Å². The fourth-order valence-corrected chi connectivity index (χ4v) is 2.68. The van der Waals surface area contributed by atoms with E-state index >= 15 is 0 Å². The largest absolute Gasteiger partial charge is 0.390 e. The Morgan fingerprint density at radius 3 is 2.67 bits per heavy atom. The van der Waals surface area contributed by atoms with E-state index in [0.717, 1.165) is 0 Å². The van der Waals surface area contributed by atoms with Gasteiger partial charge in [-0.05, 0) is 26.8 Å². The van der Waals surface area contributed by atoms with Crippen molar-refractivity contribution in [2.45, 2.75) is 37.9 Å². The molecule has 0 aliphatic rings. The normalized spacial score (nSPS) is 12.9. The third-order valence-corrected chi connectivity index (χ3v) is 3.80. The molecule has 6 nitrogen and oxygen atoms in total. The highest BCUT2D eigenvalue weighted by Crippen LogP contribution is 2.13. The van der Waals surface area contributed by atoms with Crippen LogP contribution in [0.25, 0.3) is 0 Å². The molecule has 0 saturated heterocycles. The van der Waals surface area contributed by atoms with Crippen LogP contribution in [0.5, 0.6) is 0 Å². The Bertz CT molecular complexity index is 479. The number of aliphatic hydroxyl groups excluding tert-OH is 1. The predicted octanol–water partition coefficient (Wildman–Crippen LogP) is 0.600. The van der Waals surface area contributed by atoms with Crippen LogP contribution in [-0.2, 0) is 21.4 Å². The summed E-state index contributed by atoms with van der Waals surface area (Å²) >= 11 is 0. The van der Waals surface area contributed by atoms with Crippen molar-refractivity contribution in [3.05, 3.63) is 18.0 Å². The lowest BCUT2D eigenvalue weighted by atomic mass is 10.1. The highest BCUT2D eigenvalue weighted by molar-refractivity contribution is 7.89. The molecular weight excluding hydrogens is 256 g/mol. The molecule has 1 aromatic heterocycles. The third kappa shape index (κ3) is 4.09. The van der Waals surface area contributed by atoms with Crippen LogP contribution in [0.15, 0.2) is 17.2 Å². The summed E-state index contributed by atoms with van der Waals surface area (Å²) in [5, 5.41) is 8.88. The van der Waals surface area contributed by atoms with E-state index in [1.165, 1.54) is 12.3 Å². The van der Waals surface area contributed by atoms with Crippen LogP contribution < -0.4 is 4.72 Å².